The molecule has 8 heteroatoms. The number of hydrogen-bond acceptors (Lipinski definition) is 5. The molecule has 1 fully saturated rings. The van der Waals surface area contributed by atoms with Gasteiger partial charge in [0.2, 0.25) is 0 Å². The number of primary amides is 1. The van der Waals surface area contributed by atoms with E-state index in [-0.39, 0.29) is 12.0 Å². The molecule has 2 aromatic carbocycles. The molecule has 2 amide bonds. The van der Waals surface area contributed by atoms with Gasteiger partial charge in [0.05, 0.1) is 5.69 Å². The van der Waals surface area contributed by atoms with Gasteiger partial charge in [-0.25, -0.2) is 13.5 Å². The molecule has 1 heterocycles. The van der Waals surface area contributed by atoms with Crippen LogP contribution in [-0.2, 0) is 0 Å². The van der Waals surface area contributed by atoms with Crippen molar-refractivity contribution in [2.75, 3.05) is 35.4 Å². The van der Waals surface area contributed by atoms with E-state index in [1.165, 1.54) is 12.1 Å². The molecule has 0 bridgehead atoms. The maximum Gasteiger partial charge on any atom is 0.329 e. The van der Waals surface area contributed by atoms with Crippen molar-refractivity contribution in [2.45, 2.75) is 32.4 Å². The molecule has 0 spiro atoms. The van der Waals surface area contributed by atoms with E-state index in [9.17, 15) is 9.18 Å². The van der Waals surface area contributed by atoms with Crippen molar-refractivity contribution in [3.63, 3.8) is 0 Å². The van der Waals surface area contributed by atoms with Gasteiger partial charge in [-0.2, -0.15) is 0 Å². The van der Waals surface area contributed by atoms with Gasteiger partial charge in [-0.05, 0) is 49.2 Å². The number of anilines is 2. The Labute approximate surface area is 182 Å². The van der Waals surface area contributed by atoms with Gasteiger partial charge in [0.15, 0.2) is 6.23 Å². The first-order chi connectivity index (χ1) is 14.5. The first-order valence-corrected chi connectivity index (χ1v) is 10.7. The number of carbonyl (C=O) groups excluding carboxylic acids is 1. The molecule has 3 rings (SSSR count). The summed E-state index contributed by atoms with van der Waals surface area (Å²) in [6.45, 7) is 5.57. The smallest absolute Gasteiger partial charge is 0.329 e. The second-order valence-corrected chi connectivity index (χ2v) is 7.76. The Hall–Kier alpha value is -2.45. The zero-order chi connectivity index (χ0) is 21.5. The summed E-state index contributed by atoms with van der Waals surface area (Å²) < 4.78 is 20.6. The summed E-state index contributed by atoms with van der Waals surface area (Å²) in [7, 11) is 0. The quantitative estimate of drug-likeness (QED) is 0.612. The standard InChI is InChI=1S/C22H29FN4O2S/c1-2-3-7-21(29-20-6-4-5-19(16-20)27(30)22(24)28)26-14-12-25(13-15-26)18-10-8-17(23)9-11-18/h4-6,8-11,16,21,30H,2-3,7,12-15H2,1H3,(H2,24,28). The van der Waals surface area contributed by atoms with E-state index < -0.39 is 6.03 Å². The monoisotopic (exact) mass is 432 g/mol. The van der Waals surface area contributed by atoms with Crippen molar-refractivity contribution < 1.29 is 13.9 Å². The highest BCUT2D eigenvalue weighted by atomic mass is 32.1. The third kappa shape index (κ3) is 5.79. The Morgan fingerprint density at radius 2 is 1.90 bits per heavy atom. The van der Waals surface area contributed by atoms with Crippen LogP contribution in [0.15, 0.2) is 48.5 Å². The van der Waals surface area contributed by atoms with Crippen LogP contribution in [0.5, 0.6) is 5.75 Å². The number of thiol groups is 1. The number of nitrogens with two attached hydrogens (primary N) is 1. The highest BCUT2D eigenvalue weighted by Crippen LogP contribution is 2.26. The average Bonchev–Trinajstić information content (AvgIpc) is 2.77. The minimum absolute atomic E-state index is 0.0579. The summed E-state index contributed by atoms with van der Waals surface area (Å²) in [6, 6.07) is 13.2. The van der Waals surface area contributed by atoms with Gasteiger partial charge < -0.3 is 15.4 Å². The van der Waals surface area contributed by atoms with Gasteiger partial charge in [0.25, 0.3) is 0 Å². The van der Waals surface area contributed by atoms with Crippen LogP contribution in [-0.4, -0.2) is 43.3 Å². The molecule has 30 heavy (non-hydrogen) atoms. The lowest BCUT2D eigenvalue weighted by Gasteiger charge is -2.40. The SMILES string of the molecule is CCCCC(Oc1cccc(N(S)C(N)=O)c1)N1CCN(c2ccc(F)cc2)CC1. The van der Waals surface area contributed by atoms with Crippen LogP contribution >= 0.6 is 12.8 Å². The molecule has 0 aromatic heterocycles. The van der Waals surface area contributed by atoms with Gasteiger partial charge in [0, 0.05) is 37.9 Å². The minimum Gasteiger partial charge on any atom is -0.475 e. The lowest BCUT2D eigenvalue weighted by atomic mass is 10.2. The summed E-state index contributed by atoms with van der Waals surface area (Å²) in [5.74, 6) is 0.457. The Bertz CT molecular complexity index is 828. The fourth-order valence-corrected chi connectivity index (χ4v) is 3.71. The molecule has 1 aliphatic rings. The fraction of sp³-hybridized carbons (Fsp3) is 0.409. The van der Waals surface area contributed by atoms with Crippen molar-refractivity contribution in [3.8, 4) is 5.75 Å². The van der Waals surface area contributed by atoms with Gasteiger partial charge >= 0.3 is 6.03 Å². The highest BCUT2D eigenvalue weighted by Gasteiger charge is 2.25. The maximum absolute atomic E-state index is 13.2. The molecule has 1 unspecified atom stereocenters. The van der Waals surface area contributed by atoms with E-state index >= 15 is 0 Å². The number of amides is 2. The van der Waals surface area contributed by atoms with E-state index in [4.69, 9.17) is 10.5 Å². The zero-order valence-electron chi connectivity index (χ0n) is 17.2. The topological polar surface area (TPSA) is 62.0 Å². The number of nitrogens with zero attached hydrogens (tertiary/aromatic N) is 3. The molecule has 0 aliphatic carbocycles. The number of hydrogen-bond donors (Lipinski definition) is 2. The molecular formula is C22H29FN4O2S. The van der Waals surface area contributed by atoms with Crippen LogP contribution in [0.4, 0.5) is 20.6 Å². The van der Waals surface area contributed by atoms with Crippen molar-refractivity contribution in [3.05, 3.63) is 54.3 Å². The van der Waals surface area contributed by atoms with Crippen LogP contribution in [0.25, 0.3) is 0 Å². The number of carbonyl (C=O) groups is 1. The summed E-state index contributed by atoms with van der Waals surface area (Å²) in [6.07, 6.45) is 3.00. The van der Waals surface area contributed by atoms with E-state index in [1.54, 1.807) is 12.1 Å². The molecule has 0 radical (unpaired) electrons. The Morgan fingerprint density at radius 3 is 2.53 bits per heavy atom. The largest absolute Gasteiger partial charge is 0.475 e. The van der Waals surface area contributed by atoms with Crippen LogP contribution < -0.4 is 19.7 Å². The van der Waals surface area contributed by atoms with Gasteiger partial charge in [-0.3, -0.25) is 4.90 Å². The number of piperazine rings is 1. The molecule has 2 aromatic rings. The van der Waals surface area contributed by atoms with Crippen molar-refractivity contribution in [1.82, 2.24) is 4.90 Å². The van der Waals surface area contributed by atoms with E-state index in [2.05, 4.69) is 29.5 Å². The Kier molecular flexibility index (Phi) is 7.81. The van der Waals surface area contributed by atoms with Crippen molar-refractivity contribution in [2.24, 2.45) is 5.73 Å². The fourth-order valence-electron chi connectivity index (χ4n) is 3.59. The Balaban J connectivity index is 1.66. The second-order valence-electron chi connectivity index (χ2n) is 7.36. The van der Waals surface area contributed by atoms with E-state index in [0.29, 0.717) is 11.4 Å². The first kappa shape index (κ1) is 22.2. The molecule has 1 atom stereocenters. The van der Waals surface area contributed by atoms with Gasteiger partial charge in [-0.1, -0.05) is 32.2 Å². The van der Waals surface area contributed by atoms with Crippen LogP contribution in [0.2, 0.25) is 0 Å². The van der Waals surface area contributed by atoms with Crippen LogP contribution in [0.3, 0.4) is 0 Å². The molecule has 0 saturated carbocycles. The van der Waals surface area contributed by atoms with Crippen molar-refractivity contribution in [1.29, 1.82) is 0 Å². The maximum atomic E-state index is 13.2. The molecule has 1 saturated heterocycles. The average molecular weight is 433 g/mol. The van der Waals surface area contributed by atoms with Gasteiger partial charge in [0.1, 0.15) is 11.6 Å². The minimum atomic E-state index is -0.644. The Morgan fingerprint density at radius 1 is 1.20 bits per heavy atom. The number of halogens is 1. The summed E-state index contributed by atoms with van der Waals surface area (Å²) >= 11 is 4.13. The predicted molar refractivity (Wildman–Crippen MR) is 122 cm³/mol. The number of unbranched alkanes of at least 4 members (excludes halogenated alkanes) is 1. The number of rotatable bonds is 8. The molecule has 2 N–H and O–H groups in total. The normalized spacial score (nSPS) is 15.6. The second kappa shape index (κ2) is 10.5. The van der Waals surface area contributed by atoms with Crippen LogP contribution in [0, 0.1) is 5.82 Å². The van der Waals surface area contributed by atoms with E-state index in [1.807, 2.05) is 24.3 Å². The summed E-state index contributed by atoms with van der Waals surface area (Å²) in [4.78, 5) is 16.0. The molecule has 162 valence electrons. The molecular weight excluding hydrogens is 403 g/mol. The van der Waals surface area contributed by atoms with E-state index in [0.717, 1.165) is 55.4 Å². The predicted octanol–water partition coefficient (Wildman–Crippen LogP) is 4.27. The molecule has 6 nitrogen and oxygen atoms in total. The third-order valence-corrected chi connectivity index (χ3v) is 5.69. The van der Waals surface area contributed by atoms with Crippen molar-refractivity contribution >= 4 is 30.2 Å². The first-order valence-electron chi connectivity index (χ1n) is 10.3. The summed E-state index contributed by atoms with van der Waals surface area (Å²) in [5.41, 5.74) is 6.91. The third-order valence-electron chi connectivity index (χ3n) is 5.26. The van der Waals surface area contributed by atoms with Crippen LogP contribution in [0.1, 0.15) is 26.2 Å². The summed E-state index contributed by atoms with van der Waals surface area (Å²) in [5, 5.41) is 0. The van der Waals surface area contributed by atoms with Gasteiger partial charge in [-0.15, -0.1) is 0 Å². The number of ether oxygens (including phenoxy) is 1. The lowest BCUT2D eigenvalue weighted by molar-refractivity contribution is 0.0135. The zero-order valence-corrected chi connectivity index (χ0v) is 18.1. The highest BCUT2D eigenvalue weighted by molar-refractivity contribution is 7.82. The number of urea groups is 1. The number of benzene rings is 2. The lowest BCUT2D eigenvalue weighted by Crippen LogP contribution is -2.52. The molecule has 1 aliphatic heterocycles.